The van der Waals surface area contributed by atoms with Gasteiger partial charge in [-0.15, -0.1) is 0 Å². The second-order valence-electron chi connectivity index (χ2n) is 4.28. The Balaban J connectivity index is 1.94. The van der Waals surface area contributed by atoms with Crippen molar-refractivity contribution in [2.45, 2.75) is 38.6 Å². The first-order chi connectivity index (χ1) is 7.92. The monoisotopic (exact) mass is 223 g/mol. The molecule has 4 heteroatoms. The number of hydrogen-bond acceptors (Lipinski definition) is 3. The largest absolute Gasteiger partial charge is 0.381 e. The maximum atomic E-state index is 5.38. The zero-order valence-electron chi connectivity index (χ0n) is 9.98. The van der Waals surface area contributed by atoms with Crippen molar-refractivity contribution in [3.63, 3.8) is 0 Å². The molecule has 0 aliphatic carbocycles. The van der Waals surface area contributed by atoms with Gasteiger partial charge in [0.2, 0.25) is 5.95 Å². The molecule has 0 spiro atoms. The van der Waals surface area contributed by atoms with Crippen LogP contribution in [0.1, 0.15) is 38.6 Å². The van der Waals surface area contributed by atoms with Crippen LogP contribution in [0.15, 0.2) is 12.4 Å². The number of aromatic nitrogens is 2. The summed E-state index contributed by atoms with van der Waals surface area (Å²) in [6, 6.07) is 0.556. The van der Waals surface area contributed by atoms with Crippen LogP contribution in [0.25, 0.3) is 0 Å². The van der Waals surface area contributed by atoms with Crippen molar-refractivity contribution >= 4 is 5.95 Å². The van der Waals surface area contributed by atoms with Crippen LogP contribution in [0.5, 0.6) is 0 Å². The van der Waals surface area contributed by atoms with Crippen LogP contribution in [0.3, 0.4) is 0 Å². The fraction of sp³-hybridized carbons (Fsp3) is 0.750. The first kappa shape index (κ1) is 11.5. The Morgan fingerprint density at radius 2 is 2.31 bits per heavy atom. The number of ether oxygens (including phenoxy) is 1. The summed E-state index contributed by atoms with van der Waals surface area (Å²) in [6.07, 6.45) is 8.55. The molecule has 16 heavy (non-hydrogen) atoms. The van der Waals surface area contributed by atoms with E-state index in [0.717, 1.165) is 38.5 Å². The molecule has 2 rings (SSSR count). The van der Waals surface area contributed by atoms with Gasteiger partial charge in [0.25, 0.3) is 0 Å². The van der Waals surface area contributed by atoms with Gasteiger partial charge in [0.1, 0.15) is 0 Å². The van der Waals surface area contributed by atoms with Gasteiger partial charge >= 0.3 is 0 Å². The predicted molar refractivity (Wildman–Crippen MR) is 64.7 cm³/mol. The van der Waals surface area contributed by atoms with Gasteiger partial charge in [-0.3, -0.25) is 0 Å². The normalized spacial score (nSPS) is 17.6. The minimum atomic E-state index is 0.556. The molecule has 2 heterocycles. The number of rotatable bonds is 5. The molecule has 0 atom stereocenters. The zero-order chi connectivity index (χ0) is 11.2. The Bertz CT molecular complexity index is 305. The third kappa shape index (κ3) is 2.76. The van der Waals surface area contributed by atoms with E-state index in [1.807, 2.05) is 6.20 Å². The fourth-order valence-corrected chi connectivity index (χ4v) is 2.08. The molecular weight excluding hydrogens is 202 g/mol. The van der Waals surface area contributed by atoms with Crippen molar-refractivity contribution < 1.29 is 4.74 Å². The van der Waals surface area contributed by atoms with Gasteiger partial charge in [-0.05, 0) is 19.3 Å². The van der Waals surface area contributed by atoms with Crippen LogP contribution in [-0.4, -0.2) is 29.3 Å². The zero-order valence-corrected chi connectivity index (χ0v) is 9.98. The highest BCUT2D eigenvalue weighted by Crippen LogP contribution is 2.23. The molecule has 1 fully saturated rings. The summed E-state index contributed by atoms with van der Waals surface area (Å²) in [6.45, 7) is 4.96. The molecule has 4 nitrogen and oxygen atoms in total. The van der Waals surface area contributed by atoms with Gasteiger partial charge in [0.05, 0.1) is 0 Å². The average molecular weight is 223 g/mol. The number of imidazole rings is 1. The quantitative estimate of drug-likeness (QED) is 0.779. The summed E-state index contributed by atoms with van der Waals surface area (Å²) in [5.41, 5.74) is 0. The third-order valence-electron chi connectivity index (χ3n) is 3.07. The lowest BCUT2D eigenvalue weighted by Gasteiger charge is -2.25. The minimum absolute atomic E-state index is 0.556. The second kappa shape index (κ2) is 5.89. The molecule has 0 bridgehead atoms. The number of unbranched alkanes of at least 4 members (excludes halogenated alkanes) is 1. The Morgan fingerprint density at radius 3 is 3.06 bits per heavy atom. The molecule has 1 aromatic rings. The van der Waals surface area contributed by atoms with Crippen molar-refractivity contribution in [3.05, 3.63) is 12.4 Å². The van der Waals surface area contributed by atoms with Gasteiger partial charge in [0, 0.05) is 38.2 Å². The topological polar surface area (TPSA) is 39.1 Å². The summed E-state index contributed by atoms with van der Waals surface area (Å²) >= 11 is 0. The fourth-order valence-electron chi connectivity index (χ4n) is 2.08. The molecule has 1 aromatic heterocycles. The second-order valence-corrected chi connectivity index (χ2v) is 4.28. The average Bonchev–Trinajstić information content (AvgIpc) is 2.79. The van der Waals surface area contributed by atoms with Gasteiger partial charge in [-0.25, -0.2) is 4.98 Å². The van der Waals surface area contributed by atoms with Gasteiger partial charge < -0.3 is 14.6 Å². The lowest BCUT2D eigenvalue weighted by Crippen LogP contribution is -2.21. The Labute approximate surface area is 97.0 Å². The number of nitrogens with zero attached hydrogens (tertiary/aromatic N) is 2. The van der Waals surface area contributed by atoms with E-state index in [1.165, 1.54) is 12.8 Å². The SMILES string of the molecule is CCCCNc1nccn1C1CCOCC1. The molecule has 1 aliphatic rings. The molecule has 0 radical (unpaired) electrons. The number of anilines is 1. The number of hydrogen-bond donors (Lipinski definition) is 1. The predicted octanol–water partition coefficient (Wildman–Crippen LogP) is 2.45. The molecule has 0 amide bonds. The lowest BCUT2D eigenvalue weighted by atomic mass is 10.1. The maximum absolute atomic E-state index is 5.38. The highest BCUT2D eigenvalue weighted by molar-refractivity contribution is 5.26. The molecule has 0 aromatic carbocycles. The smallest absolute Gasteiger partial charge is 0.203 e. The van der Waals surface area contributed by atoms with Crippen molar-refractivity contribution in [2.75, 3.05) is 25.1 Å². The minimum Gasteiger partial charge on any atom is -0.381 e. The van der Waals surface area contributed by atoms with E-state index < -0.39 is 0 Å². The molecule has 1 saturated heterocycles. The van der Waals surface area contributed by atoms with Crippen LogP contribution in [0.2, 0.25) is 0 Å². The first-order valence-corrected chi connectivity index (χ1v) is 6.26. The summed E-state index contributed by atoms with van der Waals surface area (Å²) in [7, 11) is 0. The third-order valence-corrected chi connectivity index (χ3v) is 3.07. The van der Waals surface area contributed by atoms with E-state index in [1.54, 1.807) is 0 Å². The van der Waals surface area contributed by atoms with Crippen LogP contribution in [0.4, 0.5) is 5.95 Å². The first-order valence-electron chi connectivity index (χ1n) is 6.26. The van der Waals surface area contributed by atoms with Crippen LogP contribution < -0.4 is 5.32 Å². The summed E-state index contributed by atoms with van der Waals surface area (Å²) in [4.78, 5) is 4.37. The molecular formula is C12H21N3O. The lowest BCUT2D eigenvalue weighted by molar-refractivity contribution is 0.0701. The Hall–Kier alpha value is -1.03. The summed E-state index contributed by atoms with van der Waals surface area (Å²) in [5.74, 6) is 1.01. The van der Waals surface area contributed by atoms with Crippen molar-refractivity contribution in [1.29, 1.82) is 0 Å². The molecule has 90 valence electrons. The molecule has 0 unspecified atom stereocenters. The van der Waals surface area contributed by atoms with Crippen molar-refractivity contribution in [1.82, 2.24) is 9.55 Å². The van der Waals surface area contributed by atoms with E-state index in [-0.39, 0.29) is 0 Å². The van der Waals surface area contributed by atoms with E-state index in [0.29, 0.717) is 6.04 Å². The Morgan fingerprint density at radius 1 is 1.50 bits per heavy atom. The van der Waals surface area contributed by atoms with Crippen molar-refractivity contribution in [3.8, 4) is 0 Å². The van der Waals surface area contributed by atoms with E-state index in [9.17, 15) is 0 Å². The van der Waals surface area contributed by atoms with Crippen molar-refractivity contribution in [2.24, 2.45) is 0 Å². The van der Waals surface area contributed by atoms with Crippen LogP contribution in [0, 0.1) is 0 Å². The maximum Gasteiger partial charge on any atom is 0.203 e. The summed E-state index contributed by atoms with van der Waals surface area (Å²) < 4.78 is 7.64. The Kier molecular flexibility index (Phi) is 4.22. The highest BCUT2D eigenvalue weighted by atomic mass is 16.5. The van der Waals surface area contributed by atoms with E-state index in [4.69, 9.17) is 4.74 Å². The van der Waals surface area contributed by atoms with E-state index in [2.05, 4.69) is 28.0 Å². The van der Waals surface area contributed by atoms with Gasteiger partial charge in [-0.2, -0.15) is 0 Å². The molecule has 0 saturated carbocycles. The highest BCUT2D eigenvalue weighted by Gasteiger charge is 2.17. The van der Waals surface area contributed by atoms with Gasteiger partial charge in [-0.1, -0.05) is 13.3 Å². The molecule has 1 N–H and O–H groups in total. The van der Waals surface area contributed by atoms with E-state index >= 15 is 0 Å². The number of nitrogens with one attached hydrogen (secondary N) is 1. The standard InChI is InChI=1S/C12H21N3O/c1-2-3-6-13-12-14-7-8-15(12)11-4-9-16-10-5-11/h7-8,11H,2-6,9-10H2,1H3,(H,13,14). The van der Waals surface area contributed by atoms with Gasteiger partial charge in [0.15, 0.2) is 0 Å². The van der Waals surface area contributed by atoms with Crippen LogP contribution >= 0.6 is 0 Å². The summed E-state index contributed by atoms with van der Waals surface area (Å²) in [5, 5.41) is 3.40. The van der Waals surface area contributed by atoms with Crippen LogP contribution in [-0.2, 0) is 4.74 Å². The molecule has 1 aliphatic heterocycles.